The lowest BCUT2D eigenvalue weighted by atomic mass is 10.2. The van der Waals surface area contributed by atoms with Crippen molar-refractivity contribution in [2.24, 2.45) is 0 Å². The summed E-state index contributed by atoms with van der Waals surface area (Å²) in [4.78, 5) is 4.05. The topological polar surface area (TPSA) is 26.0 Å². The van der Waals surface area contributed by atoms with Crippen molar-refractivity contribution in [1.82, 2.24) is 4.98 Å². The highest BCUT2D eigenvalue weighted by atomic mass is 35.5. The number of fused-ring (bicyclic) bond motifs is 1. The summed E-state index contributed by atoms with van der Waals surface area (Å²) in [6.07, 6.45) is -2.13. The third kappa shape index (κ3) is 2.96. The minimum Gasteiger partial charge on any atom is -0.441 e. The van der Waals surface area contributed by atoms with Crippen LogP contribution in [0, 0.1) is 0 Å². The van der Waals surface area contributed by atoms with Crippen LogP contribution in [-0.4, -0.2) is 10.9 Å². The predicted molar refractivity (Wildman–Crippen MR) is 62.7 cm³/mol. The number of oxazole rings is 1. The Morgan fingerprint density at radius 2 is 2.00 bits per heavy atom. The van der Waals surface area contributed by atoms with Crippen molar-refractivity contribution in [3.63, 3.8) is 0 Å². The number of aryl methyl sites for hydroxylation is 1. The molecule has 2 aromatic rings. The standard InChI is InChI=1S/C12H11ClF3NO/c13-6-2-1-3-11-17-9-7-8(12(14,15)16)4-5-10(9)18-11/h4-5,7H,1-3,6H2. The van der Waals surface area contributed by atoms with E-state index < -0.39 is 11.7 Å². The van der Waals surface area contributed by atoms with Gasteiger partial charge in [-0.1, -0.05) is 0 Å². The van der Waals surface area contributed by atoms with Gasteiger partial charge in [-0.3, -0.25) is 0 Å². The Bertz CT molecular complexity index is 536. The van der Waals surface area contributed by atoms with Crippen LogP contribution in [-0.2, 0) is 12.6 Å². The van der Waals surface area contributed by atoms with Gasteiger partial charge in [0.1, 0.15) is 5.52 Å². The molecule has 2 nitrogen and oxygen atoms in total. The molecule has 1 aromatic carbocycles. The maximum absolute atomic E-state index is 12.5. The summed E-state index contributed by atoms with van der Waals surface area (Å²) >= 11 is 5.54. The minimum atomic E-state index is -4.36. The number of hydrogen-bond acceptors (Lipinski definition) is 2. The third-order valence-electron chi connectivity index (χ3n) is 2.53. The van der Waals surface area contributed by atoms with Crippen molar-refractivity contribution in [3.05, 3.63) is 29.7 Å². The van der Waals surface area contributed by atoms with Crippen molar-refractivity contribution < 1.29 is 17.6 Å². The SMILES string of the molecule is FC(F)(F)c1ccc2oc(CCCCCl)nc2c1. The maximum atomic E-state index is 12.5. The van der Waals surface area contributed by atoms with Crippen molar-refractivity contribution in [1.29, 1.82) is 0 Å². The average Bonchev–Trinajstić information content (AvgIpc) is 2.69. The molecule has 0 N–H and O–H groups in total. The highest BCUT2D eigenvalue weighted by Crippen LogP contribution is 2.31. The van der Waals surface area contributed by atoms with Crippen molar-refractivity contribution in [2.75, 3.05) is 5.88 Å². The molecule has 0 atom stereocenters. The van der Waals surface area contributed by atoms with E-state index in [9.17, 15) is 13.2 Å². The summed E-state index contributed by atoms with van der Waals surface area (Å²) < 4.78 is 42.9. The molecular weight excluding hydrogens is 267 g/mol. The van der Waals surface area contributed by atoms with Crippen LogP contribution in [0.25, 0.3) is 11.1 Å². The van der Waals surface area contributed by atoms with Gasteiger partial charge < -0.3 is 4.42 Å². The first kappa shape index (κ1) is 13.2. The highest BCUT2D eigenvalue weighted by molar-refractivity contribution is 6.17. The van der Waals surface area contributed by atoms with Gasteiger partial charge in [0, 0.05) is 12.3 Å². The zero-order valence-corrected chi connectivity index (χ0v) is 10.2. The van der Waals surface area contributed by atoms with Gasteiger partial charge in [0.2, 0.25) is 0 Å². The van der Waals surface area contributed by atoms with E-state index in [0.29, 0.717) is 23.8 Å². The zero-order valence-electron chi connectivity index (χ0n) is 9.43. The Morgan fingerprint density at radius 1 is 1.22 bits per heavy atom. The number of rotatable bonds is 4. The number of hydrogen-bond donors (Lipinski definition) is 0. The summed E-state index contributed by atoms with van der Waals surface area (Å²) in [5.74, 6) is 1.01. The molecule has 6 heteroatoms. The maximum Gasteiger partial charge on any atom is 0.416 e. The van der Waals surface area contributed by atoms with E-state index in [1.807, 2.05) is 0 Å². The van der Waals surface area contributed by atoms with Gasteiger partial charge in [-0.05, 0) is 31.0 Å². The number of halogens is 4. The Labute approximate surface area is 107 Å². The van der Waals surface area contributed by atoms with Gasteiger partial charge in [0.05, 0.1) is 5.56 Å². The molecule has 0 saturated carbocycles. The highest BCUT2D eigenvalue weighted by Gasteiger charge is 2.30. The predicted octanol–water partition coefficient (Wildman–Crippen LogP) is 4.41. The van der Waals surface area contributed by atoms with Gasteiger partial charge in [0.15, 0.2) is 11.5 Å². The summed E-state index contributed by atoms with van der Waals surface area (Å²) in [6, 6.07) is 3.30. The molecule has 0 radical (unpaired) electrons. The molecule has 1 aromatic heterocycles. The first-order chi connectivity index (χ1) is 8.50. The molecule has 2 rings (SSSR count). The van der Waals surface area contributed by atoms with Gasteiger partial charge in [-0.25, -0.2) is 4.98 Å². The molecule has 0 fully saturated rings. The molecule has 0 spiro atoms. The molecule has 0 unspecified atom stereocenters. The lowest BCUT2D eigenvalue weighted by Crippen LogP contribution is -2.03. The van der Waals surface area contributed by atoms with E-state index in [-0.39, 0.29) is 5.52 Å². The second kappa shape index (κ2) is 5.18. The van der Waals surface area contributed by atoms with Gasteiger partial charge in [-0.2, -0.15) is 13.2 Å². The van der Waals surface area contributed by atoms with Crippen molar-refractivity contribution >= 4 is 22.7 Å². The summed E-state index contributed by atoms with van der Waals surface area (Å²) in [5.41, 5.74) is -0.0924. The minimum absolute atomic E-state index is 0.241. The molecular formula is C12H11ClF3NO. The smallest absolute Gasteiger partial charge is 0.416 e. The number of unbranched alkanes of at least 4 members (excludes halogenated alkanes) is 1. The molecule has 0 amide bonds. The van der Waals surface area contributed by atoms with Gasteiger partial charge in [-0.15, -0.1) is 11.6 Å². The number of alkyl halides is 4. The fourth-order valence-electron chi connectivity index (χ4n) is 1.63. The van der Waals surface area contributed by atoms with Gasteiger partial charge in [0.25, 0.3) is 0 Å². The quantitative estimate of drug-likeness (QED) is 0.611. The molecule has 0 saturated heterocycles. The van der Waals surface area contributed by atoms with Crippen LogP contribution >= 0.6 is 11.6 Å². The van der Waals surface area contributed by atoms with E-state index in [1.54, 1.807) is 0 Å². The van der Waals surface area contributed by atoms with Crippen LogP contribution in [0.4, 0.5) is 13.2 Å². The van der Waals surface area contributed by atoms with E-state index in [0.717, 1.165) is 25.0 Å². The van der Waals surface area contributed by atoms with Crippen LogP contribution in [0.3, 0.4) is 0 Å². The van der Waals surface area contributed by atoms with E-state index in [4.69, 9.17) is 16.0 Å². The van der Waals surface area contributed by atoms with E-state index in [1.165, 1.54) is 6.07 Å². The molecule has 1 heterocycles. The van der Waals surface area contributed by atoms with Gasteiger partial charge >= 0.3 is 6.18 Å². The molecule has 0 aliphatic carbocycles. The van der Waals surface area contributed by atoms with Crippen molar-refractivity contribution in [2.45, 2.75) is 25.4 Å². The normalized spacial score (nSPS) is 12.2. The third-order valence-corrected chi connectivity index (χ3v) is 2.80. The number of benzene rings is 1. The summed E-state index contributed by atoms with van der Waals surface area (Å²) in [6.45, 7) is 0. The van der Waals surface area contributed by atoms with E-state index in [2.05, 4.69) is 4.98 Å². The molecule has 0 bridgehead atoms. The monoisotopic (exact) mass is 277 g/mol. The lowest BCUT2D eigenvalue weighted by molar-refractivity contribution is -0.137. The molecule has 18 heavy (non-hydrogen) atoms. The molecule has 0 aliphatic rings. The Kier molecular flexibility index (Phi) is 3.80. The van der Waals surface area contributed by atoms with Crippen LogP contribution in [0.15, 0.2) is 22.6 Å². The van der Waals surface area contributed by atoms with E-state index >= 15 is 0 Å². The second-order valence-corrected chi connectivity index (χ2v) is 4.31. The molecule has 98 valence electrons. The summed E-state index contributed by atoms with van der Waals surface area (Å²) in [7, 11) is 0. The Morgan fingerprint density at radius 3 is 2.67 bits per heavy atom. The number of nitrogens with zero attached hydrogens (tertiary/aromatic N) is 1. The fourth-order valence-corrected chi connectivity index (χ4v) is 1.82. The summed E-state index contributed by atoms with van der Waals surface area (Å²) in [5, 5.41) is 0. The first-order valence-corrected chi connectivity index (χ1v) is 6.07. The van der Waals surface area contributed by atoms with Crippen LogP contribution < -0.4 is 0 Å². The average molecular weight is 278 g/mol. The fraction of sp³-hybridized carbons (Fsp3) is 0.417. The largest absolute Gasteiger partial charge is 0.441 e. The Hall–Kier alpha value is -1.23. The first-order valence-electron chi connectivity index (χ1n) is 5.53. The second-order valence-electron chi connectivity index (χ2n) is 3.93. The Balaban J connectivity index is 2.23. The zero-order chi connectivity index (χ0) is 13.2. The van der Waals surface area contributed by atoms with Crippen LogP contribution in [0.1, 0.15) is 24.3 Å². The number of aromatic nitrogens is 1. The lowest BCUT2D eigenvalue weighted by Gasteiger charge is -2.04. The van der Waals surface area contributed by atoms with Crippen molar-refractivity contribution in [3.8, 4) is 0 Å². The van der Waals surface area contributed by atoms with Crippen LogP contribution in [0.5, 0.6) is 0 Å². The van der Waals surface area contributed by atoms with Crippen LogP contribution in [0.2, 0.25) is 0 Å². The molecule has 0 aliphatic heterocycles.